The SMILES string of the molecule is CC(C)C1CCCCC1NC(=O)c1cc(N)c[nH]1. The van der Waals surface area contributed by atoms with Crippen molar-refractivity contribution in [2.75, 3.05) is 5.73 Å². The summed E-state index contributed by atoms with van der Waals surface area (Å²) in [6.07, 6.45) is 6.45. The molecule has 0 bridgehead atoms. The van der Waals surface area contributed by atoms with E-state index in [1.165, 1.54) is 19.3 Å². The number of H-pyrrole nitrogens is 1. The zero-order valence-corrected chi connectivity index (χ0v) is 11.2. The highest BCUT2D eigenvalue weighted by molar-refractivity contribution is 5.93. The predicted molar refractivity (Wildman–Crippen MR) is 73.3 cm³/mol. The van der Waals surface area contributed by atoms with Gasteiger partial charge in [-0.05, 0) is 30.7 Å². The molecule has 2 unspecified atom stereocenters. The maximum atomic E-state index is 12.1. The van der Waals surface area contributed by atoms with Gasteiger partial charge in [-0.2, -0.15) is 0 Å². The average molecular weight is 249 g/mol. The highest BCUT2D eigenvalue weighted by Crippen LogP contribution is 2.30. The summed E-state index contributed by atoms with van der Waals surface area (Å²) in [5.74, 6) is 1.17. The molecule has 1 heterocycles. The van der Waals surface area contributed by atoms with E-state index in [-0.39, 0.29) is 5.91 Å². The number of rotatable bonds is 3. The lowest BCUT2D eigenvalue weighted by Crippen LogP contribution is -2.44. The lowest BCUT2D eigenvalue weighted by Gasteiger charge is -2.34. The van der Waals surface area contributed by atoms with Crippen LogP contribution in [-0.4, -0.2) is 16.9 Å². The molecule has 0 spiro atoms. The monoisotopic (exact) mass is 249 g/mol. The fourth-order valence-corrected chi connectivity index (χ4v) is 2.93. The van der Waals surface area contributed by atoms with Crippen LogP contribution in [0.15, 0.2) is 12.3 Å². The van der Waals surface area contributed by atoms with Crippen molar-refractivity contribution < 1.29 is 4.79 Å². The van der Waals surface area contributed by atoms with Crippen LogP contribution in [0.3, 0.4) is 0 Å². The van der Waals surface area contributed by atoms with Crippen molar-refractivity contribution in [3.8, 4) is 0 Å². The Hall–Kier alpha value is -1.45. The fourth-order valence-electron chi connectivity index (χ4n) is 2.93. The summed E-state index contributed by atoms with van der Waals surface area (Å²) in [6, 6.07) is 1.98. The number of aromatic nitrogens is 1. The van der Waals surface area contributed by atoms with Crippen molar-refractivity contribution >= 4 is 11.6 Å². The van der Waals surface area contributed by atoms with E-state index in [0.717, 1.165) is 6.42 Å². The van der Waals surface area contributed by atoms with Crippen LogP contribution in [0.2, 0.25) is 0 Å². The minimum atomic E-state index is -0.0377. The first-order valence-corrected chi connectivity index (χ1v) is 6.82. The van der Waals surface area contributed by atoms with E-state index in [4.69, 9.17) is 5.73 Å². The molecule has 1 aromatic rings. The summed E-state index contributed by atoms with van der Waals surface area (Å²) in [7, 11) is 0. The third-order valence-corrected chi connectivity index (χ3v) is 3.94. The van der Waals surface area contributed by atoms with Gasteiger partial charge in [0.2, 0.25) is 0 Å². The largest absolute Gasteiger partial charge is 0.397 e. The number of nitrogen functional groups attached to an aromatic ring is 1. The molecule has 4 nitrogen and oxygen atoms in total. The van der Waals surface area contributed by atoms with E-state index in [0.29, 0.717) is 29.3 Å². The quantitative estimate of drug-likeness (QED) is 0.770. The van der Waals surface area contributed by atoms with Gasteiger partial charge in [-0.15, -0.1) is 0 Å². The number of amides is 1. The summed E-state index contributed by atoms with van der Waals surface area (Å²) in [5.41, 5.74) is 6.77. The van der Waals surface area contributed by atoms with Gasteiger partial charge in [0.1, 0.15) is 5.69 Å². The molecule has 18 heavy (non-hydrogen) atoms. The molecule has 1 amide bonds. The van der Waals surface area contributed by atoms with Crippen molar-refractivity contribution in [1.82, 2.24) is 10.3 Å². The Morgan fingerprint density at radius 2 is 2.17 bits per heavy atom. The van der Waals surface area contributed by atoms with Crippen LogP contribution >= 0.6 is 0 Å². The van der Waals surface area contributed by atoms with Crippen LogP contribution in [0.25, 0.3) is 0 Å². The smallest absolute Gasteiger partial charge is 0.267 e. The molecule has 0 saturated heterocycles. The van der Waals surface area contributed by atoms with Crippen LogP contribution < -0.4 is 11.1 Å². The first-order valence-electron chi connectivity index (χ1n) is 6.82. The van der Waals surface area contributed by atoms with Crippen molar-refractivity contribution in [3.05, 3.63) is 18.0 Å². The zero-order chi connectivity index (χ0) is 13.1. The Bertz CT molecular complexity index is 411. The molecule has 1 aliphatic carbocycles. The number of anilines is 1. The molecular formula is C14H23N3O. The number of aromatic amines is 1. The van der Waals surface area contributed by atoms with Gasteiger partial charge >= 0.3 is 0 Å². The Morgan fingerprint density at radius 1 is 1.44 bits per heavy atom. The van der Waals surface area contributed by atoms with Crippen LogP contribution in [-0.2, 0) is 0 Å². The summed E-state index contributed by atoms with van der Waals surface area (Å²) in [4.78, 5) is 15.0. The highest BCUT2D eigenvalue weighted by Gasteiger charge is 2.29. The molecule has 100 valence electrons. The predicted octanol–water partition coefficient (Wildman–Crippen LogP) is 2.54. The van der Waals surface area contributed by atoms with E-state index in [9.17, 15) is 4.79 Å². The van der Waals surface area contributed by atoms with Crippen molar-refractivity contribution in [1.29, 1.82) is 0 Å². The molecule has 4 N–H and O–H groups in total. The molecule has 0 radical (unpaired) electrons. The van der Waals surface area contributed by atoms with E-state index in [1.807, 2.05) is 0 Å². The first kappa shape index (κ1) is 13.0. The summed E-state index contributed by atoms with van der Waals surface area (Å²) < 4.78 is 0. The van der Waals surface area contributed by atoms with E-state index in [1.54, 1.807) is 12.3 Å². The lowest BCUT2D eigenvalue weighted by molar-refractivity contribution is 0.0884. The Labute approximate surface area is 108 Å². The molecule has 0 aromatic carbocycles. The van der Waals surface area contributed by atoms with Gasteiger partial charge in [-0.1, -0.05) is 26.7 Å². The Kier molecular flexibility index (Phi) is 3.94. The maximum Gasteiger partial charge on any atom is 0.267 e. The molecule has 1 aromatic heterocycles. The minimum absolute atomic E-state index is 0.0377. The zero-order valence-electron chi connectivity index (χ0n) is 11.2. The fraction of sp³-hybridized carbons (Fsp3) is 0.643. The lowest BCUT2D eigenvalue weighted by atomic mass is 9.78. The van der Waals surface area contributed by atoms with Crippen LogP contribution in [0.1, 0.15) is 50.0 Å². The van der Waals surface area contributed by atoms with E-state index < -0.39 is 0 Å². The van der Waals surface area contributed by atoms with Gasteiger partial charge in [-0.3, -0.25) is 4.79 Å². The second kappa shape index (κ2) is 5.46. The molecular weight excluding hydrogens is 226 g/mol. The van der Waals surface area contributed by atoms with Crippen LogP contribution in [0, 0.1) is 11.8 Å². The number of nitrogens with one attached hydrogen (secondary N) is 2. The minimum Gasteiger partial charge on any atom is -0.397 e. The van der Waals surface area contributed by atoms with E-state index in [2.05, 4.69) is 24.1 Å². The molecule has 1 fully saturated rings. The first-order chi connectivity index (χ1) is 8.58. The molecule has 4 heteroatoms. The van der Waals surface area contributed by atoms with Gasteiger partial charge in [0.25, 0.3) is 5.91 Å². The van der Waals surface area contributed by atoms with Crippen molar-refractivity contribution in [2.45, 2.75) is 45.6 Å². The molecule has 2 atom stereocenters. The second-order valence-corrected chi connectivity index (χ2v) is 5.62. The highest BCUT2D eigenvalue weighted by atomic mass is 16.1. The van der Waals surface area contributed by atoms with Crippen molar-refractivity contribution in [3.63, 3.8) is 0 Å². The topological polar surface area (TPSA) is 70.9 Å². The number of hydrogen-bond acceptors (Lipinski definition) is 2. The molecule has 1 saturated carbocycles. The Morgan fingerprint density at radius 3 is 2.78 bits per heavy atom. The average Bonchev–Trinajstić information content (AvgIpc) is 2.76. The summed E-state index contributed by atoms with van der Waals surface area (Å²) in [6.45, 7) is 4.48. The summed E-state index contributed by atoms with van der Waals surface area (Å²) in [5, 5.41) is 3.15. The van der Waals surface area contributed by atoms with Gasteiger partial charge < -0.3 is 16.0 Å². The number of carbonyl (C=O) groups excluding carboxylic acids is 1. The normalized spacial score (nSPS) is 24.2. The van der Waals surface area contributed by atoms with Crippen molar-refractivity contribution in [2.24, 2.45) is 11.8 Å². The molecule has 2 rings (SSSR count). The third-order valence-electron chi connectivity index (χ3n) is 3.94. The van der Waals surface area contributed by atoms with Crippen LogP contribution in [0.4, 0.5) is 5.69 Å². The second-order valence-electron chi connectivity index (χ2n) is 5.62. The van der Waals surface area contributed by atoms with Gasteiger partial charge in [-0.25, -0.2) is 0 Å². The van der Waals surface area contributed by atoms with Gasteiger partial charge in [0.05, 0.1) is 0 Å². The standard InChI is InChI=1S/C14H23N3O/c1-9(2)11-5-3-4-6-12(11)17-14(18)13-7-10(15)8-16-13/h7-9,11-12,16H,3-6,15H2,1-2H3,(H,17,18). The molecule has 0 aliphatic heterocycles. The number of hydrogen-bond donors (Lipinski definition) is 3. The third kappa shape index (κ3) is 2.86. The maximum absolute atomic E-state index is 12.1. The summed E-state index contributed by atoms with van der Waals surface area (Å²) >= 11 is 0. The Balaban J connectivity index is 2.00. The number of carbonyl (C=O) groups is 1. The van der Waals surface area contributed by atoms with Gasteiger partial charge in [0, 0.05) is 17.9 Å². The molecule has 1 aliphatic rings. The van der Waals surface area contributed by atoms with E-state index >= 15 is 0 Å². The van der Waals surface area contributed by atoms with Crippen LogP contribution in [0.5, 0.6) is 0 Å². The van der Waals surface area contributed by atoms with Gasteiger partial charge in [0.15, 0.2) is 0 Å². The number of nitrogens with two attached hydrogens (primary N) is 1.